The number of benzene rings is 3. The summed E-state index contributed by atoms with van der Waals surface area (Å²) in [6.07, 6.45) is 0.979. The van der Waals surface area contributed by atoms with Crippen LogP contribution in [0, 0.1) is 0 Å². The Morgan fingerprint density at radius 3 is 2.21 bits per heavy atom. The van der Waals surface area contributed by atoms with Crippen LogP contribution in [0.1, 0.15) is 52.5 Å². The molecular formula is C30H23Cl3N4O4S. The number of aromatic amines is 1. The molecule has 0 radical (unpaired) electrons. The second kappa shape index (κ2) is 11.9. The van der Waals surface area contributed by atoms with E-state index in [1.165, 1.54) is 23.5 Å². The monoisotopic (exact) mass is 640 g/mol. The largest absolute Gasteiger partial charge is 0.456 e. The average molecular weight is 642 g/mol. The second-order valence-electron chi connectivity index (χ2n) is 10.3. The van der Waals surface area contributed by atoms with Crippen molar-refractivity contribution in [3.05, 3.63) is 130 Å². The molecule has 12 heteroatoms. The maximum absolute atomic E-state index is 13.4. The van der Waals surface area contributed by atoms with E-state index in [4.69, 9.17) is 44.5 Å². The van der Waals surface area contributed by atoms with Gasteiger partial charge in [-0.3, -0.25) is 9.78 Å². The molecule has 5 aromatic rings. The predicted octanol–water partition coefficient (Wildman–Crippen LogP) is 7.14. The number of halogens is 3. The molecule has 0 fully saturated rings. The van der Waals surface area contributed by atoms with Crippen molar-refractivity contribution in [1.82, 2.24) is 19.7 Å². The summed E-state index contributed by atoms with van der Waals surface area (Å²) in [5, 5.41) is 5.39. The van der Waals surface area contributed by atoms with Crippen LogP contribution >= 0.6 is 46.1 Å². The van der Waals surface area contributed by atoms with Gasteiger partial charge in [0.05, 0.1) is 17.3 Å². The summed E-state index contributed by atoms with van der Waals surface area (Å²) in [5.41, 5.74) is 0.621. The number of thiazole rings is 1. The Labute approximate surface area is 259 Å². The van der Waals surface area contributed by atoms with Crippen LogP contribution in [0.4, 0.5) is 0 Å². The van der Waals surface area contributed by atoms with Gasteiger partial charge in [0.1, 0.15) is 21.7 Å². The van der Waals surface area contributed by atoms with E-state index in [1.54, 1.807) is 32.9 Å². The first-order chi connectivity index (χ1) is 19.9. The molecule has 0 saturated heterocycles. The highest BCUT2D eigenvalue weighted by Crippen LogP contribution is 2.44. The van der Waals surface area contributed by atoms with Gasteiger partial charge in [0.15, 0.2) is 0 Å². The Hall–Kier alpha value is -3.76. The zero-order valence-corrected chi connectivity index (χ0v) is 25.6. The summed E-state index contributed by atoms with van der Waals surface area (Å²) in [6.45, 7) is 5.40. The molecule has 0 saturated carbocycles. The Kier molecular flexibility index (Phi) is 8.39. The third kappa shape index (κ3) is 6.34. The molecule has 0 aliphatic heterocycles. The number of rotatable bonds is 6. The summed E-state index contributed by atoms with van der Waals surface area (Å²) in [4.78, 5) is 44.8. The van der Waals surface area contributed by atoms with Gasteiger partial charge in [-0.2, -0.15) is 9.78 Å². The van der Waals surface area contributed by atoms with Crippen molar-refractivity contribution < 1.29 is 9.53 Å². The lowest BCUT2D eigenvalue weighted by atomic mass is 9.91. The molecule has 0 aliphatic rings. The average Bonchev–Trinajstić information content (AvgIpc) is 3.36. The van der Waals surface area contributed by atoms with Crippen molar-refractivity contribution in [3.63, 3.8) is 0 Å². The molecule has 1 unspecified atom stereocenters. The SMILES string of the molecule is CC(C)(C)OC(=O)c1sc(C(c2ccc(Cl)cc2)c2c(Cl)cc(-n3ncc(=O)[nH]c3=O)cc2Cl)nc1-c1ccccc1. The van der Waals surface area contributed by atoms with Crippen LogP contribution in [0.25, 0.3) is 16.9 Å². The van der Waals surface area contributed by atoms with E-state index >= 15 is 0 Å². The van der Waals surface area contributed by atoms with Crippen molar-refractivity contribution in [2.24, 2.45) is 0 Å². The first-order valence-corrected chi connectivity index (χ1v) is 14.6. The minimum atomic E-state index is -0.744. The maximum Gasteiger partial charge on any atom is 0.351 e. The number of H-pyrrole nitrogens is 1. The van der Waals surface area contributed by atoms with E-state index in [0.29, 0.717) is 26.2 Å². The molecule has 8 nitrogen and oxygen atoms in total. The number of ether oxygens (including phenoxy) is 1. The van der Waals surface area contributed by atoms with E-state index < -0.39 is 28.7 Å². The smallest absolute Gasteiger partial charge is 0.351 e. The highest BCUT2D eigenvalue weighted by Gasteiger charge is 2.31. The van der Waals surface area contributed by atoms with Gasteiger partial charge in [-0.1, -0.05) is 77.3 Å². The topological polar surface area (TPSA) is 107 Å². The fraction of sp³-hybridized carbons (Fsp3) is 0.167. The normalized spacial score (nSPS) is 12.2. The van der Waals surface area contributed by atoms with E-state index in [1.807, 2.05) is 42.5 Å². The molecular weight excluding hydrogens is 619 g/mol. The number of esters is 1. The standard InChI is InChI=1S/C30H23Cl3N4O4S/c1-30(2,3)41-28(39)26-25(17-7-5-4-6-8-17)36-27(42-26)23(16-9-11-18(31)12-10-16)24-20(32)13-19(14-21(24)33)37-29(40)35-22(38)15-34-37/h4-15,23H,1-3H3,(H,35,38,40). The zero-order chi connectivity index (χ0) is 30.2. The molecule has 3 aromatic carbocycles. The molecule has 0 amide bonds. The summed E-state index contributed by atoms with van der Waals surface area (Å²) in [6, 6.07) is 19.5. The summed E-state index contributed by atoms with van der Waals surface area (Å²) in [5.74, 6) is -1.13. The minimum Gasteiger partial charge on any atom is -0.456 e. The van der Waals surface area contributed by atoms with Crippen molar-refractivity contribution in [1.29, 1.82) is 0 Å². The third-order valence-corrected chi connectivity index (χ3v) is 8.01. The highest BCUT2D eigenvalue weighted by atomic mass is 35.5. The first-order valence-electron chi connectivity index (χ1n) is 12.6. The minimum absolute atomic E-state index is 0.215. The second-order valence-corrected chi connectivity index (χ2v) is 12.5. The van der Waals surface area contributed by atoms with Gasteiger partial charge in [0.25, 0.3) is 5.56 Å². The molecule has 214 valence electrons. The van der Waals surface area contributed by atoms with Crippen LogP contribution < -0.4 is 11.2 Å². The van der Waals surface area contributed by atoms with Crippen LogP contribution in [0.3, 0.4) is 0 Å². The van der Waals surface area contributed by atoms with Gasteiger partial charge in [-0.15, -0.1) is 11.3 Å². The maximum atomic E-state index is 13.4. The molecule has 1 N–H and O–H groups in total. The van der Waals surface area contributed by atoms with Crippen LogP contribution in [-0.2, 0) is 4.74 Å². The summed E-state index contributed by atoms with van der Waals surface area (Å²) in [7, 11) is 0. The number of carbonyl (C=O) groups excluding carboxylic acids is 1. The third-order valence-electron chi connectivity index (χ3n) is 6.04. The quantitative estimate of drug-likeness (QED) is 0.198. The number of nitrogens with one attached hydrogen (secondary N) is 1. The van der Waals surface area contributed by atoms with Gasteiger partial charge in [0, 0.05) is 26.2 Å². The summed E-state index contributed by atoms with van der Waals surface area (Å²) < 4.78 is 6.72. The lowest BCUT2D eigenvalue weighted by molar-refractivity contribution is 0.00758. The Morgan fingerprint density at radius 1 is 0.976 bits per heavy atom. The van der Waals surface area contributed by atoms with E-state index in [0.717, 1.165) is 22.0 Å². The van der Waals surface area contributed by atoms with Gasteiger partial charge >= 0.3 is 11.7 Å². The highest BCUT2D eigenvalue weighted by molar-refractivity contribution is 7.14. The predicted molar refractivity (Wildman–Crippen MR) is 166 cm³/mol. The van der Waals surface area contributed by atoms with Crippen LogP contribution in [0.2, 0.25) is 15.1 Å². The Bertz CT molecular complexity index is 1870. The summed E-state index contributed by atoms with van der Waals surface area (Å²) >= 11 is 21.1. The molecule has 0 bridgehead atoms. The van der Waals surface area contributed by atoms with Crippen molar-refractivity contribution >= 4 is 52.1 Å². The van der Waals surface area contributed by atoms with Gasteiger partial charge < -0.3 is 4.74 Å². The van der Waals surface area contributed by atoms with Crippen molar-refractivity contribution in [2.45, 2.75) is 32.3 Å². The van der Waals surface area contributed by atoms with Crippen LogP contribution in [0.5, 0.6) is 0 Å². The van der Waals surface area contributed by atoms with Crippen LogP contribution in [0.15, 0.2) is 82.5 Å². The van der Waals surface area contributed by atoms with Crippen LogP contribution in [-0.4, -0.2) is 31.3 Å². The fourth-order valence-corrected chi connectivity index (χ4v) is 6.23. The fourth-order valence-electron chi connectivity index (χ4n) is 4.31. The zero-order valence-electron chi connectivity index (χ0n) is 22.5. The molecule has 5 rings (SSSR count). The molecule has 0 spiro atoms. The van der Waals surface area contributed by atoms with Crippen molar-refractivity contribution in [2.75, 3.05) is 0 Å². The molecule has 1 atom stereocenters. The van der Waals surface area contributed by atoms with E-state index in [2.05, 4.69) is 10.1 Å². The van der Waals surface area contributed by atoms with Gasteiger partial charge in [-0.05, 0) is 50.6 Å². The number of nitrogens with zero attached hydrogens (tertiary/aromatic N) is 3. The number of carbonyl (C=O) groups is 1. The van der Waals surface area contributed by atoms with Gasteiger partial charge in [0.2, 0.25) is 0 Å². The molecule has 0 aliphatic carbocycles. The van der Waals surface area contributed by atoms with E-state index in [9.17, 15) is 14.4 Å². The molecule has 2 heterocycles. The number of hydrogen-bond donors (Lipinski definition) is 1. The molecule has 2 aromatic heterocycles. The van der Waals surface area contributed by atoms with E-state index in [-0.39, 0.29) is 15.7 Å². The lowest BCUT2D eigenvalue weighted by Gasteiger charge is -2.20. The molecule has 42 heavy (non-hydrogen) atoms. The van der Waals surface area contributed by atoms with Gasteiger partial charge in [-0.25, -0.2) is 14.6 Å². The number of hydrogen-bond acceptors (Lipinski definition) is 7. The van der Waals surface area contributed by atoms with Crippen molar-refractivity contribution in [3.8, 4) is 16.9 Å². The Morgan fingerprint density at radius 2 is 1.62 bits per heavy atom. The lowest BCUT2D eigenvalue weighted by Crippen LogP contribution is -2.30. The number of aromatic nitrogens is 4. The Balaban J connectivity index is 1.72. The first kappa shape index (κ1) is 29.7.